The van der Waals surface area contributed by atoms with E-state index in [1.807, 2.05) is 61.7 Å². The molecule has 0 aliphatic heterocycles. The highest BCUT2D eigenvalue weighted by Gasteiger charge is 2.64. The second-order valence-electron chi connectivity index (χ2n) is 9.69. The Labute approximate surface area is 210 Å². The molecule has 4 aromatic rings. The van der Waals surface area contributed by atoms with E-state index in [0.29, 0.717) is 23.6 Å². The Hall–Kier alpha value is -3.26. The fraction of sp³-hybridized carbons (Fsp3) is 0.296. The number of aryl methyl sites for hydroxylation is 1. The third kappa shape index (κ3) is 4.43. The Bertz CT molecular complexity index is 1410. The summed E-state index contributed by atoms with van der Waals surface area (Å²) in [6.07, 6.45) is 1.76. The first-order chi connectivity index (χ1) is 16.6. The Balaban J connectivity index is 1.56. The third-order valence-corrected chi connectivity index (χ3v) is 7.32. The van der Waals surface area contributed by atoms with Gasteiger partial charge in [-0.15, -0.1) is 0 Å². The molecule has 0 amide bonds. The summed E-state index contributed by atoms with van der Waals surface area (Å²) in [5, 5.41) is 9.76. The van der Waals surface area contributed by atoms with Crippen molar-refractivity contribution in [2.75, 3.05) is 0 Å². The molecule has 1 N–H and O–H groups in total. The van der Waals surface area contributed by atoms with Gasteiger partial charge >= 0.3 is 5.97 Å². The van der Waals surface area contributed by atoms with Crippen LogP contribution >= 0.6 is 15.9 Å². The van der Waals surface area contributed by atoms with Gasteiger partial charge in [0, 0.05) is 35.3 Å². The van der Waals surface area contributed by atoms with Gasteiger partial charge in [0.15, 0.2) is 5.82 Å². The number of halogens is 2. The van der Waals surface area contributed by atoms with E-state index in [0.717, 1.165) is 21.3 Å². The zero-order valence-corrected chi connectivity index (χ0v) is 21.2. The summed E-state index contributed by atoms with van der Waals surface area (Å²) in [4.78, 5) is 20.9. The number of aromatic nitrogens is 3. The van der Waals surface area contributed by atoms with Gasteiger partial charge in [-0.3, -0.25) is 9.78 Å². The fourth-order valence-corrected chi connectivity index (χ4v) is 5.02. The van der Waals surface area contributed by atoms with Crippen molar-refractivity contribution in [2.24, 2.45) is 11.3 Å². The van der Waals surface area contributed by atoms with Gasteiger partial charge in [-0.1, -0.05) is 48.0 Å². The van der Waals surface area contributed by atoms with Crippen LogP contribution in [0.25, 0.3) is 11.0 Å². The molecule has 1 saturated carbocycles. The molecule has 0 radical (unpaired) electrons. The molecule has 0 saturated heterocycles. The van der Waals surface area contributed by atoms with Gasteiger partial charge in [0.05, 0.1) is 17.1 Å². The van der Waals surface area contributed by atoms with Crippen LogP contribution in [0.2, 0.25) is 0 Å². The zero-order valence-electron chi connectivity index (χ0n) is 19.6. The topological polar surface area (TPSA) is 77.2 Å². The van der Waals surface area contributed by atoms with Gasteiger partial charge in [-0.25, -0.2) is 9.37 Å². The average Bonchev–Trinajstić information content (AvgIpc) is 3.22. The van der Waals surface area contributed by atoms with Gasteiger partial charge in [-0.05, 0) is 41.7 Å². The monoisotopic (exact) mass is 537 g/mol. The van der Waals surface area contributed by atoms with Crippen LogP contribution in [-0.2, 0) is 17.9 Å². The van der Waals surface area contributed by atoms with E-state index in [1.165, 1.54) is 6.07 Å². The molecule has 6 nitrogen and oxygen atoms in total. The van der Waals surface area contributed by atoms with E-state index in [4.69, 9.17) is 4.74 Å². The van der Waals surface area contributed by atoms with E-state index in [1.54, 1.807) is 12.3 Å². The molecule has 35 heavy (non-hydrogen) atoms. The SMILES string of the molecule is Cc1ccc(COc2cc(F)c3nc([C@@H]4[C@H](C(=O)O)C4(C)C)n(Cc4ccc(Br)cc4)c3c2)nc1. The maximum absolute atomic E-state index is 15.2. The lowest BCUT2D eigenvalue weighted by atomic mass is 10.1. The average molecular weight is 538 g/mol. The maximum atomic E-state index is 15.2. The minimum Gasteiger partial charge on any atom is -0.487 e. The number of aliphatic carboxylic acids is 1. The number of pyridine rings is 1. The molecule has 5 rings (SSSR count). The summed E-state index contributed by atoms with van der Waals surface area (Å²) in [7, 11) is 0. The smallest absolute Gasteiger partial charge is 0.307 e. The van der Waals surface area contributed by atoms with Gasteiger partial charge in [0.25, 0.3) is 0 Å². The molecule has 2 heterocycles. The molecule has 2 aromatic heterocycles. The largest absolute Gasteiger partial charge is 0.487 e. The van der Waals surface area contributed by atoms with Crippen LogP contribution in [0.3, 0.4) is 0 Å². The van der Waals surface area contributed by atoms with Crippen LogP contribution in [-0.4, -0.2) is 25.6 Å². The molecule has 0 unspecified atom stereocenters. The third-order valence-electron chi connectivity index (χ3n) is 6.80. The predicted octanol–water partition coefficient (Wildman–Crippen LogP) is 6.09. The molecule has 1 aliphatic rings. The standard InChI is InChI=1S/C27H25BrFN3O3/c1-15-4-9-18(30-12-15)14-35-19-10-20(29)24-21(11-19)32(13-16-5-7-17(28)8-6-16)25(31-24)22-23(26(33)34)27(22,2)3/h4-12,22-23H,13-14H2,1-3H3,(H,33,34)/t22-,23+/m0/s1. The zero-order chi connectivity index (χ0) is 24.9. The Morgan fingerprint density at radius 1 is 1.20 bits per heavy atom. The van der Waals surface area contributed by atoms with E-state index >= 15 is 4.39 Å². The number of nitrogens with zero attached hydrogens (tertiary/aromatic N) is 3. The molecule has 2 aromatic carbocycles. The molecule has 0 spiro atoms. The molecule has 1 fully saturated rings. The fourth-order valence-electron chi connectivity index (χ4n) is 4.76. The second kappa shape index (κ2) is 8.75. The number of carboxylic acid groups (broad SMARTS) is 1. The van der Waals surface area contributed by atoms with E-state index in [-0.39, 0.29) is 18.0 Å². The van der Waals surface area contributed by atoms with Crippen LogP contribution in [0.5, 0.6) is 5.75 Å². The van der Waals surface area contributed by atoms with Crippen LogP contribution in [0.1, 0.15) is 42.4 Å². The van der Waals surface area contributed by atoms with Crippen molar-refractivity contribution < 1.29 is 19.0 Å². The van der Waals surface area contributed by atoms with E-state index < -0.39 is 23.1 Å². The van der Waals surface area contributed by atoms with Gasteiger partial charge < -0.3 is 14.4 Å². The van der Waals surface area contributed by atoms with E-state index in [2.05, 4.69) is 25.9 Å². The molecule has 1 aliphatic carbocycles. The summed E-state index contributed by atoms with van der Waals surface area (Å²) < 4.78 is 24.0. The maximum Gasteiger partial charge on any atom is 0.307 e. The lowest BCUT2D eigenvalue weighted by molar-refractivity contribution is -0.139. The van der Waals surface area contributed by atoms with Crippen molar-refractivity contribution >= 4 is 32.9 Å². The minimum atomic E-state index is -0.864. The van der Waals surface area contributed by atoms with Crippen LogP contribution in [0.15, 0.2) is 59.2 Å². The number of imidazole rings is 1. The first-order valence-electron chi connectivity index (χ1n) is 11.4. The summed E-state index contributed by atoms with van der Waals surface area (Å²) in [5.74, 6) is -1.31. The van der Waals surface area contributed by atoms with Gasteiger partial charge in [-0.2, -0.15) is 0 Å². The van der Waals surface area contributed by atoms with Crippen LogP contribution in [0.4, 0.5) is 4.39 Å². The van der Waals surface area contributed by atoms with Crippen molar-refractivity contribution in [2.45, 2.75) is 39.8 Å². The molecule has 2 atom stereocenters. The van der Waals surface area contributed by atoms with Crippen molar-refractivity contribution in [1.29, 1.82) is 0 Å². The number of carbonyl (C=O) groups is 1. The molecular formula is C27H25BrFN3O3. The number of hydrogen-bond donors (Lipinski definition) is 1. The number of hydrogen-bond acceptors (Lipinski definition) is 4. The lowest BCUT2D eigenvalue weighted by Crippen LogP contribution is -2.07. The highest BCUT2D eigenvalue weighted by Crippen LogP contribution is 2.64. The van der Waals surface area contributed by atoms with E-state index in [9.17, 15) is 9.90 Å². The van der Waals surface area contributed by atoms with Crippen LogP contribution in [0, 0.1) is 24.1 Å². The number of ether oxygens (including phenoxy) is 1. The lowest BCUT2D eigenvalue weighted by Gasteiger charge is -2.12. The molecular weight excluding hydrogens is 513 g/mol. The molecule has 0 bridgehead atoms. The first-order valence-corrected chi connectivity index (χ1v) is 12.2. The number of fused-ring (bicyclic) bond motifs is 1. The molecule has 180 valence electrons. The number of benzene rings is 2. The Kier molecular flexibility index (Phi) is 5.87. The Morgan fingerprint density at radius 3 is 2.57 bits per heavy atom. The van der Waals surface area contributed by atoms with Crippen LogP contribution < -0.4 is 4.74 Å². The second-order valence-corrected chi connectivity index (χ2v) is 10.6. The quantitative estimate of drug-likeness (QED) is 0.308. The Morgan fingerprint density at radius 2 is 1.94 bits per heavy atom. The van der Waals surface area contributed by atoms with Gasteiger partial charge in [0.2, 0.25) is 0 Å². The summed E-state index contributed by atoms with van der Waals surface area (Å²) in [6, 6.07) is 14.8. The predicted molar refractivity (Wildman–Crippen MR) is 134 cm³/mol. The van der Waals surface area contributed by atoms with Gasteiger partial charge in [0.1, 0.15) is 23.7 Å². The summed E-state index contributed by atoms with van der Waals surface area (Å²) in [6.45, 7) is 6.43. The number of carboxylic acids is 1. The highest BCUT2D eigenvalue weighted by atomic mass is 79.9. The van der Waals surface area contributed by atoms with Crippen molar-refractivity contribution in [3.05, 3.63) is 87.7 Å². The normalized spacial score (nSPS) is 18.5. The number of rotatable bonds is 7. The summed E-state index contributed by atoms with van der Waals surface area (Å²) in [5.41, 5.74) is 3.09. The first kappa shape index (κ1) is 23.5. The van der Waals surface area contributed by atoms with Crippen molar-refractivity contribution in [3.63, 3.8) is 0 Å². The summed E-state index contributed by atoms with van der Waals surface area (Å²) >= 11 is 3.45. The molecule has 8 heteroatoms. The van der Waals surface area contributed by atoms with Crippen molar-refractivity contribution in [3.8, 4) is 5.75 Å². The highest BCUT2D eigenvalue weighted by molar-refractivity contribution is 9.10. The van der Waals surface area contributed by atoms with Crippen molar-refractivity contribution in [1.82, 2.24) is 14.5 Å². The minimum absolute atomic E-state index is 0.204.